The number of ether oxygens (including phenoxy) is 1. The summed E-state index contributed by atoms with van der Waals surface area (Å²) in [6.07, 6.45) is 1.46. The lowest BCUT2D eigenvalue weighted by Gasteiger charge is -2.12. The molecule has 9 nitrogen and oxygen atoms in total. The van der Waals surface area contributed by atoms with E-state index < -0.39 is 6.03 Å². The molecule has 0 fully saturated rings. The van der Waals surface area contributed by atoms with Crippen LogP contribution in [0.25, 0.3) is 0 Å². The second-order valence-electron chi connectivity index (χ2n) is 7.28. The van der Waals surface area contributed by atoms with Gasteiger partial charge in [0.2, 0.25) is 5.88 Å². The predicted molar refractivity (Wildman–Crippen MR) is 107 cm³/mol. The molecule has 29 heavy (non-hydrogen) atoms. The first-order chi connectivity index (χ1) is 13.7. The third-order valence-corrected chi connectivity index (χ3v) is 3.81. The Morgan fingerprint density at radius 1 is 1.10 bits per heavy atom. The van der Waals surface area contributed by atoms with Gasteiger partial charge in [0.05, 0.1) is 0 Å². The van der Waals surface area contributed by atoms with E-state index in [1.165, 1.54) is 12.3 Å². The maximum Gasteiger partial charge on any atom is 0.316 e. The van der Waals surface area contributed by atoms with Gasteiger partial charge in [0.1, 0.15) is 11.5 Å². The van der Waals surface area contributed by atoms with Crippen LogP contribution in [0.4, 0.5) is 16.3 Å². The van der Waals surface area contributed by atoms with E-state index in [9.17, 15) is 9.59 Å². The molecule has 1 aromatic carbocycles. The summed E-state index contributed by atoms with van der Waals surface area (Å²) in [6.45, 7) is 5.96. The number of carbonyl (C=O) groups is 2. The second-order valence-corrected chi connectivity index (χ2v) is 7.28. The van der Waals surface area contributed by atoms with E-state index >= 15 is 0 Å². The number of primary amides is 1. The number of pyridine rings is 1. The van der Waals surface area contributed by atoms with Gasteiger partial charge in [0, 0.05) is 41.1 Å². The smallest absolute Gasteiger partial charge is 0.316 e. The quantitative estimate of drug-likeness (QED) is 0.600. The van der Waals surface area contributed by atoms with Gasteiger partial charge in [-0.15, -0.1) is 0 Å². The zero-order valence-corrected chi connectivity index (χ0v) is 16.2. The minimum Gasteiger partial charge on any atom is -0.439 e. The van der Waals surface area contributed by atoms with Crippen LogP contribution in [0, 0.1) is 0 Å². The van der Waals surface area contributed by atoms with Crippen molar-refractivity contribution in [2.45, 2.75) is 26.2 Å². The Bertz CT molecular complexity index is 1040. The topological polar surface area (TPSA) is 132 Å². The van der Waals surface area contributed by atoms with Gasteiger partial charge in [-0.25, -0.2) is 9.78 Å². The number of rotatable bonds is 5. The van der Waals surface area contributed by atoms with E-state index in [4.69, 9.17) is 15.0 Å². The van der Waals surface area contributed by atoms with Crippen LogP contribution < -0.4 is 21.1 Å². The van der Waals surface area contributed by atoms with E-state index in [2.05, 4.69) is 20.8 Å². The Hall–Kier alpha value is -3.88. The van der Waals surface area contributed by atoms with Gasteiger partial charge in [-0.2, -0.15) is 0 Å². The van der Waals surface area contributed by atoms with Crippen molar-refractivity contribution in [3.8, 4) is 11.6 Å². The number of hydrogen-bond donors (Lipinski definition) is 3. The molecule has 0 saturated carbocycles. The summed E-state index contributed by atoms with van der Waals surface area (Å²) in [5.74, 6) is 1.24. The zero-order valence-electron chi connectivity index (χ0n) is 16.2. The first-order valence-electron chi connectivity index (χ1n) is 8.80. The number of benzene rings is 1. The standard InChI is InChI=1S/C20H21N5O4/c1-20(2,3)15-11-16(25-29-15)24-18(26)12-7-8-22-17(9-12)28-14-6-4-5-13(10-14)23-19(21)27/h4-11H,1-3H3,(H3,21,23,27)(H,24,25,26). The molecule has 0 atom stereocenters. The molecule has 0 aliphatic rings. The van der Waals surface area contributed by atoms with Gasteiger partial charge in [0.25, 0.3) is 5.91 Å². The molecule has 3 rings (SSSR count). The van der Waals surface area contributed by atoms with Crippen LogP contribution in [0.5, 0.6) is 11.6 Å². The number of amides is 3. The Balaban J connectivity index is 1.71. The lowest BCUT2D eigenvalue weighted by atomic mass is 9.93. The van der Waals surface area contributed by atoms with Gasteiger partial charge in [0.15, 0.2) is 5.82 Å². The molecular formula is C20H21N5O4. The van der Waals surface area contributed by atoms with Crippen LogP contribution in [-0.2, 0) is 5.41 Å². The minimum atomic E-state index is -0.679. The number of hydrogen-bond acceptors (Lipinski definition) is 6. The molecule has 0 unspecified atom stereocenters. The molecule has 9 heteroatoms. The maximum absolute atomic E-state index is 12.5. The number of carbonyl (C=O) groups excluding carboxylic acids is 2. The summed E-state index contributed by atoms with van der Waals surface area (Å²) in [5.41, 5.74) is 5.70. The normalized spacial score (nSPS) is 11.0. The van der Waals surface area contributed by atoms with Crippen molar-refractivity contribution in [1.82, 2.24) is 10.1 Å². The first-order valence-corrected chi connectivity index (χ1v) is 8.80. The molecule has 150 valence electrons. The molecule has 0 aliphatic carbocycles. The third-order valence-electron chi connectivity index (χ3n) is 3.81. The Morgan fingerprint density at radius 2 is 1.90 bits per heavy atom. The highest BCUT2D eigenvalue weighted by Crippen LogP contribution is 2.25. The van der Waals surface area contributed by atoms with Crippen molar-refractivity contribution in [3.63, 3.8) is 0 Å². The molecular weight excluding hydrogens is 374 g/mol. The van der Waals surface area contributed by atoms with Crippen LogP contribution in [0.2, 0.25) is 0 Å². The summed E-state index contributed by atoms with van der Waals surface area (Å²) >= 11 is 0. The van der Waals surface area contributed by atoms with E-state index in [1.807, 2.05) is 20.8 Å². The number of anilines is 2. The van der Waals surface area contributed by atoms with Crippen molar-refractivity contribution in [3.05, 3.63) is 60.0 Å². The molecule has 2 aromatic heterocycles. The fourth-order valence-electron chi connectivity index (χ4n) is 2.38. The molecule has 3 aromatic rings. The SMILES string of the molecule is CC(C)(C)c1cc(NC(=O)c2ccnc(Oc3cccc(NC(N)=O)c3)c2)no1. The first kappa shape index (κ1) is 19.9. The van der Waals surface area contributed by atoms with Crippen molar-refractivity contribution >= 4 is 23.4 Å². The third kappa shape index (κ3) is 5.32. The fourth-order valence-corrected chi connectivity index (χ4v) is 2.38. The Morgan fingerprint density at radius 3 is 2.59 bits per heavy atom. The van der Waals surface area contributed by atoms with Crippen LogP contribution in [0.3, 0.4) is 0 Å². The summed E-state index contributed by atoms with van der Waals surface area (Å²) in [7, 11) is 0. The predicted octanol–water partition coefficient (Wildman–Crippen LogP) is 3.90. The molecule has 0 aliphatic heterocycles. The Kier molecular flexibility index (Phi) is 5.49. The number of nitrogens with zero attached hydrogens (tertiary/aromatic N) is 2. The monoisotopic (exact) mass is 395 g/mol. The van der Waals surface area contributed by atoms with E-state index in [0.717, 1.165) is 0 Å². The fraction of sp³-hybridized carbons (Fsp3) is 0.200. The molecule has 0 radical (unpaired) electrons. The number of aromatic nitrogens is 2. The van der Waals surface area contributed by atoms with Crippen LogP contribution in [0.1, 0.15) is 36.9 Å². The number of nitrogens with two attached hydrogens (primary N) is 1. The number of urea groups is 1. The molecule has 3 amide bonds. The maximum atomic E-state index is 12.5. The van der Waals surface area contributed by atoms with Crippen molar-refractivity contribution in [2.75, 3.05) is 10.6 Å². The van der Waals surface area contributed by atoms with E-state index in [-0.39, 0.29) is 17.2 Å². The molecule has 0 saturated heterocycles. The Labute approximate surface area is 167 Å². The lowest BCUT2D eigenvalue weighted by molar-refractivity contribution is 0.102. The summed E-state index contributed by atoms with van der Waals surface area (Å²) in [6, 6.07) is 10.7. The van der Waals surface area contributed by atoms with Gasteiger partial charge < -0.3 is 25.6 Å². The van der Waals surface area contributed by atoms with Gasteiger partial charge >= 0.3 is 6.03 Å². The zero-order chi connectivity index (χ0) is 21.0. The van der Waals surface area contributed by atoms with Crippen molar-refractivity contribution in [1.29, 1.82) is 0 Å². The second kappa shape index (κ2) is 8.01. The highest BCUT2D eigenvalue weighted by molar-refractivity contribution is 6.03. The summed E-state index contributed by atoms with van der Waals surface area (Å²) in [5, 5.41) is 9.02. The van der Waals surface area contributed by atoms with Gasteiger partial charge in [-0.3, -0.25) is 4.79 Å². The molecule has 0 spiro atoms. The molecule has 4 N–H and O–H groups in total. The van der Waals surface area contributed by atoms with Gasteiger partial charge in [-0.1, -0.05) is 32.0 Å². The van der Waals surface area contributed by atoms with Gasteiger partial charge in [-0.05, 0) is 18.2 Å². The number of nitrogens with one attached hydrogen (secondary N) is 2. The molecule has 0 bridgehead atoms. The van der Waals surface area contributed by atoms with Crippen LogP contribution >= 0.6 is 0 Å². The largest absolute Gasteiger partial charge is 0.439 e. The average molecular weight is 395 g/mol. The van der Waals surface area contributed by atoms with Crippen molar-refractivity contribution in [2.24, 2.45) is 5.73 Å². The van der Waals surface area contributed by atoms with Crippen LogP contribution in [0.15, 0.2) is 53.2 Å². The summed E-state index contributed by atoms with van der Waals surface area (Å²) in [4.78, 5) is 27.6. The summed E-state index contributed by atoms with van der Waals surface area (Å²) < 4.78 is 10.9. The average Bonchev–Trinajstić information content (AvgIpc) is 3.10. The lowest BCUT2D eigenvalue weighted by Crippen LogP contribution is -2.19. The van der Waals surface area contributed by atoms with Crippen LogP contribution in [-0.4, -0.2) is 22.1 Å². The van der Waals surface area contributed by atoms with E-state index in [0.29, 0.717) is 28.6 Å². The molecule has 2 heterocycles. The highest BCUT2D eigenvalue weighted by atomic mass is 16.5. The van der Waals surface area contributed by atoms with E-state index in [1.54, 1.807) is 36.4 Å². The highest BCUT2D eigenvalue weighted by Gasteiger charge is 2.20. The minimum absolute atomic E-state index is 0.212. The van der Waals surface area contributed by atoms with Crippen molar-refractivity contribution < 1.29 is 18.8 Å².